The minimum atomic E-state index is -0.658. The second-order valence-corrected chi connectivity index (χ2v) is 2.77. The van der Waals surface area contributed by atoms with Crippen LogP contribution in [0, 0.1) is 0 Å². The van der Waals surface area contributed by atoms with Crippen molar-refractivity contribution >= 4 is 19.9 Å². The van der Waals surface area contributed by atoms with Crippen molar-refractivity contribution in [3.8, 4) is 0 Å². The fourth-order valence-corrected chi connectivity index (χ4v) is 1.43. The lowest BCUT2D eigenvalue weighted by atomic mass is 10.2. The molecule has 2 radical (unpaired) electrons. The van der Waals surface area contributed by atoms with Gasteiger partial charge in [0, 0.05) is 6.54 Å². The number of carbonyl (C=O) groups excluding carboxylic acids is 2. The van der Waals surface area contributed by atoms with Gasteiger partial charge in [0.15, 0.2) is 0 Å². The van der Waals surface area contributed by atoms with Crippen LogP contribution < -0.4 is 0 Å². The number of rotatable bonds is 2. The van der Waals surface area contributed by atoms with Crippen molar-refractivity contribution in [3.63, 3.8) is 0 Å². The monoisotopic (exact) mass is 180 g/mol. The largest absolute Gasteiger partial charge is 0.542 e. The molecule has 0 aromatic carbocycles. The number of likely N-dealkylation sites (tertiary alicyclic amines) is 1. The summed E-state index contributed by atoms with van der Waals surface area (Å²) in [5.41, 5.74) is 0. The first-order valence-corrected chi connectivity index (χ1v) is 3.95. The van der Waals surface area contributed by atoms with E-state index < -0.39 is 17.9 Å². The third kappa shape index (κ3) is 1.91. The number of hydrogen-bond acceptors (Lipinski definition) is 3. The molecular formula is C8H10BNO3. The second-order valence-electron chi connectivity index (χ2n) is 2.77. The lowest BCUT2D eigenvalue weighted by Gasteiger charge is -2.20. The molecule has 1 rings (SSSR count). The van der Waals surface area contributed by atoms with Crippen LogP contribution in [0.5, 0.6) is 0 Å². The Balaban J connectivity index is 2.73. The lowest BCUT2D eigenvalue weighted by Crippen LogP contribution is -2.40. The minimum Gasteiger partial charge on any atom is -0.542 e. The predicted molar refractivity (Wildman–Crippen MR) is 46.8 cm³/mol. The highest BCUT2D eigenvalue weighted by Crippen LogP contribution is 2.18. The summed E-state index contributed by atoms with van der Waals surface area (Å²) in [4.78, 5) is 23.8. The van der Waals surface area contributed by atoms with Crippen molar-refractivity contribution in [1.82, 2.24) is 4.90 Å². The van der Waals surface area contributed by atoms with Crippen LogP contribution in [-0.4, -0.2) is 37.4 Å². The van der Waals surface area contributed by atoms with Crippen LogP contribution >= 0.6 is 0 Å². The minimum absolute atomic E-state index is 0.332. The summed E-state index contributed by atoms with van der Waals surface area (Å²) >= 11 is 0. The maximum absolute atomic E-state index is 11.4. The maximum atomic E-state index is 11.4. The highest BCUT2D eigenvalue weighted by atomic mass is 16.5. The van der Waals surface area contributed by atoms with Crippen LogP contribution in [0.25, 0.3) is 0 Å². The molecule has 1 aliphatic rings. The van der Waals surface area contributed by atoms with Gasteiger partial charge in [-0.25, -0.2) is 0 Å². The van der Waals surface area contributed by atoms with E-state index in [-0.39, 0.29) is 6.05 Å². The van der Waals surface area contributed by atoms with E-state index in [4.69, 9.17) is 9.42 Å². The Morgan fingerprint density at radius 2 is 2.46 bits per heavy atom. The molecule has 68 valence electrons. The summed E-state index contributed by atoms with van der Waals surface area (Å²) < 4.78 is 11.1. The Kier molecular flexibility index (Phi) is 2.64. The average molecular weight is 180 g/mol. The fourth-order valence-electron chi connectivity index (χ4n) is 1.43. The van der Waals surface area contributed by atoms with Crippen molar-refractivity contribution in [3.05, 3.63) is 12.6 Å². The van der Waals surface area contributed by atoms with Crippen LogP contribution in [-0.2, 0) is 14.2 Å². The van der Waals surface area contributed by atoms with Crippen LogP contribution in [0.1, 0.15) is 14.2 Å². The van der Waals surface area contributed by atoms with E-state index in [2.05, 4.69) is 11.2 Å². The molecule has 1 atom stereocenters. The predicted octanol–water partition coefficient (Wildman–Crippen LogP) is -0.210. The molecule has 1 heterocycles. The molecule has 1 aliphatic heterocycles. The summed E-state index contributed by atoms with van der Waals surface area (Å²) in [6, 6.07) is -0.990. The van der Waals surface area contributed by atoms with Gasteiger partial charge in [-0.15, -0.1) is 0 Å². The van der Waals surface area contributed by atoms with Crippen LogP contribution in [0.3, 0.4) is 0 Å². The van der Waals surface area contributed by atoms with E-state index in [1.165, 1.54) is 4.90 Å². The van der Waals surface area contributed by atoms with Crippen LogP contribution in [0.2, 0.25) is 0 Å². The van der Waals surface area contributed by atoms with E-state index in [0.717, 1.165) is 0 Å². The second kappa shape index (κ2) is 4.12. The van der Waals surface area contributed by atoms with Gasteiger partial charge in [-0.3, -0.25) is 9.59 Å². The van der Waals surface area contributed by atoms with Gasteiger partial charge in [0.1, 0.15) is 6.04 Å². The van der Waals surface area contributed by atoms with Crippen molar-refractivity contribution < 1.29 is 15.6 Å². The normalized spacial score (nSPS) is 22.3. The van der Waals surface area contributed by atoms with Crippen molar-refractivity contribution in [2.24, 2.45) is 0 Å². The van der Waals surface area contributed by atoms with Gasteiger partial charge >= 0.3 is 14.0 Å². The van der Waals surface area contributed by atoms with E-state index in [1.54, 1.807) is 0 Å². The topological polar surface area (TPSA) is 46.6 Å². The summed E-state index contributed by atoms with van der Waals surface area (Å²) in [7, 11) is 4.73. The Hall–Kier alpha value is -1.26. The highest BCUT2D eigenvalue weighted by molar-refractivity contribution is 6.07. The zero-order valence-corrected chi connectivity index (χ0v) is 7.16. The van der Waals surface area contributed by atoms with Crippen molar-refractivity contribution in [2.75, 3.05) is 6.54 Å². The zero-order chi connectivity index (χ0) is 10.7. The van der Waals surface area contributed by atoms with E-state index in [0.29, 0.717) is 19.4 Å². The summed E-state index contributed by atoms with van der Waals surface area (Å²) in [5, 5.41) is 0. The molecule has 1 unspecified atom stereocenters. The Bertz CT molecular complexity index is 282. The van der Waals surface area contributed by atoms with Crippen LogP contribution in [0.15, 0.2) is 12.6 Å². The molecule has 0 aromatic heterocycles. The smallest absolute Gasteiger partial charge is 0.378 e. The molecule has 0 saturated carbocycles. The van der Waals surface area contributed by atoms with Crippen LogP contribution in [0.4, 0.5) is 0 Å². The third-order valence-electron chi connectivity index (χ3n) is 2.05. The molecule has 0 spiro atoms. The van der Waals surface area contributed by atoms with Gasteiger partial charge in [-0.1, -0.05) is 6.58 Å². The van der Waals surface area contributed by atoms with E-state index in [1.807, 2.05) is 0 Å². The summed E-state index contributed by atoms with van der Waals surface area (Å²) in [6.45, 7) is 3.65. The van der Waals surface area contributed by atoms with Gasteiger partial charge < -0.3 is 9.55 Å². The van der Waals surface area contributed by atoms with Crippen molar-refractivity contribution in [1.29, 1.82) is 0 Å². The molecule has 1 saturated heterocycles. The fraction of sp³-hybridized carbons (Fsp3) is 0.500. The van der Waals surface area contributed by atoms with E-state index in [9.17, 15) is 9.59 Å². The molecule has 0 bridgehead atoms. The van der Waals surface area contributed by atoms with Crippen molar-refractivity contribution in [2.45, 2.75) is 18.9 Å². The average Bonchev–Trinajstić information content (AvgIpc) is 2.63. The molecule has 0 aliphatic carbocycles. The molecule has 0 aromatic rings. The lowest BCUT2D eigenvalue weighted by molar-refractivity contribution is -0.144. The Morgan fingerprint density at radius 1 is 1.77 bits per heavy atom. The molecule has 1 fully saturated rings. The molecular weight excluding hydrogens is 169 g/mol. The van der Waals surface area contributed by atoms with Gasteiger partial charge in [-0.05, 0) is 18.9 Å². The first-order chi connectivity index (χ1) is 6.57. The molecule has 4 nitrogen and oxygen atoms in total. The standard InChI is InChI=1S/C8H10BNO3/c1-2-7(11)10-5-3-4-6(10)8(12)13-9/h2,6H,1,3-5H2/i2D. The number of nitrogens with zero attached hydrogens (tertiary/aromatic N) is 1. The third-order valence-corrected chi connectivity index (χ3v) is 2.05. The number of hydrogen-bond donors (Lipinski definition) is 0. The van der Waals surface area contributed by atoms with Gasteiger partial charge in [-0.2, -0.15) is 0 Å². The zero-order valence-electron chi connectivity index (χ0n) is 8.16. The van der Waals surface area contributed by atoms with Gasteiger partial charge in [0.25, 0.3) is 0 Å². The van der Waals surface area contributed by atoms with Gasteiger partial charge in [0.05, 0.1) is 1.37 Å². The van der Waals surface area contributed by atoms with Gasteiger partial charge in [0.2, 0.25) is 5.91 Å². The SMILES string of the molecule is [2H]C(=C)C(=O)N1CCCC1C(=O)O[B]. The first kappa shape index (κ1) is 8.35. The highest BCUT2D eigenvalue weighted by Gasteiger charge is 2.33. The molecule has 5 heteroatoms. The number of carbonyl (C=O) groups is 2. The molecule has 1 amide bonds. The Morgan fingerprint density at radius 3 is 3.00 bits per heavy atom. The molecule has 13 heavy (non-hydrogen) atoms. The number of amides is 1. The Labute approximate surface area is 79.4 Å². The van der Waals surface area contributed by atoms with E-state index >= 15 is 0 Å². The summed E-state index contributed by atoms with van der Waals surface area (Å²) in [6.07, 6.45) is 1.23. The first-order valence-electron chi connectivity index (χ1n) is 4.45. The quantitative estimate of drug-likeness (QED) is 0.436. The molecule has 0 N–H and O–H groups in total. The maximum Gasteiger partial charge on any atom is 0.378 e. The summed E-state index contributed by atoms with van der Waals surface area (Å²) in [5.74, 6) is -1.19.